The van der Waals surface area contributed by atoms with Crippen molar-refractivity contribution in [3.63, 3.8) is 0 Å². The van der Waals surface area contributed by atoms with Gasteiger partial charge in [0.2, 0.25) is 0 Å². The van der Waals surface area contributed by atoms with Crippen molar-refractivity contribution >= 4 is 11.7 Å². The van der Waals surface area contributed by atoms with Crippen molar-refractivity contribution in [2.75, 3.05) is 31.1 Å². The van der Waals surface area contributed by atoms with Crippen LogP contribution in [0.25, 0.3) is 0 Å². The number of amides is 1. The Morgan fingerprint density at radius 1 is 1.04 bits per heavy atom. The van der Waals surface area contributed by atoms with Crippen LogP contribution in [0.2, 0.25) is 0 Å². The van der Waals surface area contributed by atoms with Crippen molar-refractivity contribution in [2.45, 2.75) is 20.3 Å². The molecule has 2 aromatic rings. The first-order valence-corrected chi connectivity index (χ1v) is 7.78. The molecule has 0 aromatic carbocycles. The number of nitrogens with zero attached hydrogens (tertiary/aromatic N) is 6. The van der Waals surface area contributed by atoms with Gasteiger partial charge in [0.1, 0.15) is 11.5 Å². The molecule has 0 spiro atoms. The van der Waals surface area contributed by atoms with E-state index >= 15 is 0 Å². The third-order valence-electron chi connectivity index (χ3n) is 3.89. The number of carbonyl (C=O) groups is 1. The first-order valence-electron chi connectivity index (χ1n) is 7.78. The summed E-state index contributed by atoms with van der Waals surface area (Å²) in [6.45, 7) is 6.69. The SMILES string of the molecule is Cc1ccc(N2CCCN(C(=O)c3ccnc(C)n3)CC2)nn1. The Bertz CT molecular complexity index is 687. The van der Waals surface area contributed by atoms with Gasteiger partial charge in [-0.1, -0.05) is 0 Å². The predicted molar refractivity (Wildman–Crippen MR) is 86.3 cm³/mol. The summed E-state index contributed by atoms with van der Waals surface area (Å²) in [6, 6.07) is 5.61. The summed E-state index contributed by atoms with van der Waals surface area (Å²) in [5, 5.41) is 8.34. The fourth-order valence-corrected chi connectivity index (χ4v) is 2.65. The lowest BCUT2D eigenvalue weighted by Gasteiger charge is -2.22. The second-order valence-corrected chi connectivity index (χ2v) is 5.65. The number of carbonyl (C=O) groups excluding carboxylic acids is 1. The van der Waals surface area contributed by atoms with Crippen LogP contribution in [0.1, 0.15) is 28.4 Å². The van der Waals surface area contributed by atoms with E-state index in [0.717, 1.165) is 37.6 Å². The summed E-state index contributed by atoms with van der Waals surface area (Å²) in [5.41, 5.74) is 1.36. The zero-order chi connectivity index (χ0) is 16.2. The highest BCUT2D eigenvalue weighted by Gasteiger charge is 2.22. The number of anilines is 1. The van der Waals surface area contributed by atoms with E-state index in [4.69, 9.17) is 0 Å². The molecule has 0 atom stereocenters. The Balaban J connectivity index is 1.68. The maximum absolute atomic E-state index is 12.6. The highest BCUT2D eigenvalue weighted by Crippen LogP contribution is 2.14. The molecule has 2 aromatic heterocycles. The van der Waals surface area contributed by atoms with Crippen LogP contribution in [-0.2, 0) is 0 Å². The minimum absolute atomic E-state index is 0.0349. The van der Waals surface area contributed by atoms with E-state index in [0.29, 0.717) is 18.1 Å². The summed E-state index contributed by atoms with van der Waals surface area (Å²) in [5.74, 6) is 1.44. The molecule has 0 unspecified atom stereocenters. The fraction of sp³-hybridized carbons (Fsp3) is 0.438. The molecule has 7 heteroatoms. The fourth-order valence-electron chi connectivity index (χ4n) is 2.65. The Labute approximate surface area is 135 Å². The molecule has 0 saturated carbocycles. The Morgan fingerprint density at radius 3 is 2.65 bits per heavy atom. The lowest BCUT2D eigenvalue weighted by molar-refractivity contribution is 0.0760. The van der Waals surface area contributed by atoms with E-state index in [1.807, 2.05) is 24.0 Å². The van der Waals surface area contributed by atoms with Crippen molar-refractivity contribution in [1.82, 2.24) is 25.1 Å². The first kappa shape index (κ1) is 15.3. The van der Waals surface area contributed by atoms with Gasteiger partial charge in [0.15, 0.2) is 5.82 Å². The third-order valence-corrected chi connectivity index (χ3v) is 3.89. The predicted octanol–water partition coefficient (Wildman–Crippen LogP) is 1.24. The molecule has 3 rings (SSSR count). The van der Waals surface area contributed by atoms with Crippen LogP contribution in [0.4, 0.5) is 5.82 Å². The van der Waals surface area contributed by atoms with Gasteiger partial charge >= 0.3 is 0 Å². The van der Waals surface area contributed by atoms with Crippen LogP contribution in [0.5, 0.6) is 0 Å². The lowest BCUT2D eigenvalue weighted by atomic mass is 10.3. The molecule has 1 amide bonds. The minimum Gasteiger partial charge on any atom is -0.353 e. The third kappa shape index (κ3) is 3.61. The second kappa shape index (κ2) is 6.68. The largest absolute Gasteiger partial charge is 0.353 e. The lowest BCUT2D eigenvalue weighted by Crippen LogP contribution is -2.36. The summed E-state index contributed by atoms with van der Waals surface area (Å²) >= 11 is 0. The molecule has 1 fully saturated rings. The summed E-state index contributed by atoms with van der Waals surface area (Å²) in [6.07, 6.45) is 2.52. The average Bonchev–Trinajstić information content (AvgIpc) is 2.81. The van der Waals surface area contributed by atoms with Gasteiger partial charge in [-0.25, -0.2) is 9.97 Å². The highest BCUT2D eigenvalue weighted by atomic mass is 16.2. The molecule has 7 nitrogen and oxygen atoms in total. The summed E-state index contributed by atoms with van der Waals surface area (Å²) in [7, 11) is 0. The van der Waals surface area contributed by atoms with E-state index in [2.05, 4.69) is 25.1 Å². The summed E-state index contributed by atoms with van der Waals surface area (Å²) in [4.78, 5) is 24.9. The molecule has 3 heterocycles. The van der Waals surface area contributed by atoms with Crippen molar-refractivity contribution in [3.05, 3.63) is 41.6 Å². The topological polar surface area (TPSA) is 75.1 Å². The Hall–Kier alpha value is -2.57. The molecule has 1 aliphatic heterocycles. The molecule has 23 heavy (non-hydrogen) atoms. The van der Waals surface area contributed by atoms with Gasteiger partial charge in [0, 0.05) is 32.4 Å². The van der Waals surface area contributed by atoms with Crippen molar-refractivity contribution in [3.8, 4) is 0 Å². The smallest absolute Gasteiger partial charge is 0.272 e. The van der Waals surface area contributed by atoms with Gasteiger partial charge in [-0.3, -0.25) is 4.79 Å². The molecule has 0 bridgehead atoms. The standard InChI is InChI=1S/C16H20N6O/c1-12-4-5-15(20-19-12)21-8-3-9-22(11-10-21)16(23)14-6-7-17-13(2)18-14/h4-7H,3,8-11H2,1-2H3. The Kier molecular flexibility index (Phi) is 4.45. The number of rotatable bonds is 2. The van der Waals surface area contributed by atoms with E-state index in [-0.39, 0.29) is 5.91 Å². The van der Waals surface area contributed by atoms with Gasteiger partial charge in [0.25, 0.3) is 5.91 Å². The molecule has 1 saturated heterocycles. The minimum atomic E-state index is -0.0349. The molecule has 0 radical (unpaired) electrons. The molecule has 0 N–H and O–H groups in total. The van der Waals surface area contributed by atoms with Gasteiger partial charge in [-0.15, -0.1) is 5.10 Å². The molecular formula is C16H20N6O. The van der Waals surface area contributed by atoms with Crippen LogP contribution in [0, 0.1) is 13.8 Å². The Morgan fingerprint density at radius 2 is 1.91 bits per heavy atom. The number of aryl methyl sites for hydroxylation is 2. The zero-order valence-corrected chi connectivity index (χ0v) is 13.4. The maximum atomic E-state index is 12.6. The van der Waals surface area contributed by atoms with Crippen LogP contribution in [-0.4, -0.2) is 57.2 Å². The second-order valence-electron chi connectivity index (χ2n) is 5.65. The van der Waals surface area contributed by atoms with Gasteiger partial charge in [-0.2, -0.15) is 5.10 Å². The van der Waals surface area contributed by atoms with Crippen molar-refractivity contribution in [1.29, 1.82) is 0 Å². The number of hydrogen-bond donors (Lipinski definition) is 0. The van der Waals surface area contributed by atoms with Crippen molar-refractivity contribution < 1.29 is 4.79 Å². The molecule has 0 aliphatic carbocycles. The van der Waals surface area contributed by atoms with Gasteiger partial charge < -0.3 is 9.80 Å². The van der Waals surface area contributed by atoms with Crippen LogP contribution >= 0.6 is 0 Å². The number of aromatic nitrogens is 4. The molecule has 120 valence electrons. The molecular weight excluding hydrogens is 292 g/mol. The highest BCUT2D eigenvalue weighted by molar-refractivity contribution is 5.92. The summed E-state index contributed by atoms with van der Waals surface area (Å²) < 4.78 is 0. The van der Waals surface area contributed by atoms with Crippen LogP contribution in [0.3, 0.4) is 0 Å². The van der Waals surface area contributed by atoms with Gasteiger partial charge in [-0.05, 0) is 38.5 Å². The molecule has 1 aliphatic rings. The van der Waals surface area contributed by atoms with Gasteiger partial charge in [0.05, 0.1) is 5.69 Å². The first-order chi connectivity index (χ1) is 11.1. The monoisotopic (exact) mass is 312 g/mol. The average molecular weight is 312 g/mol. The van der Waals surface area contributed by atoms with E-state index in [1.54, 1.807) is 19.2 Å². The maximum Gasteiger partial charge on any atom is 0.272 e. The number of hydrogen-bond acceptors (Lipinski definition) is 6. The van der Waals surface area contributed by atoms with Crippen LogP contribution in [0.15, 0.2) is 24.4 Å². The normalized spacial score (nSPS) is 15.4. The van der Waals surface area contributed by atoms with E-state index in [9.17, 15) is 4.79 Å². The van der Waals surface area contributed by atoms with E-state index < -0.39 is 0 Å². The zero-order valence-electron chi connectivity index (χ0n) is 13.4. The van der Waals surface area contributed by atoms with E-state index in [1.165, 1.54) is 0 Å². The quantitative estimate of drug-likeness (QED) is 0.830. The van der Waals surface area contributed by atoms with Crippen LogP contribution < -0.4 is 4.90 Å². The van der Waals surface area contributed by atoms with Crippen molar-refractivity contribution in [2.24, 2.45) is 0 Å².